The van der Waals surface area contributed by atoms with Crippen LogP contribution < -0.4 is 0 Å². The summed E-state index contributed by atoms with van der Waals surface area (Å²) in [5.74, 6) is 0. The average Bonchev–Trinajstić information content (AvgIpc) is 2.46. The smallest absolute Gasteiger partial charge is 0.0160 e. The Bertz CT molecular complexity index is 572. The molecule has 0 radical (unpaired) electrons. The van der Waals surface area contributed by atoms with Crippen LogP contribution in [-0.2, 0) is 12.8 Å². The van der Waals surface area contributed by atoms with Gasteiger partial charge in [0.05, 0.1) is 0 Å². The minimum absolute atomic E-state index is 1.11. The van der Waals surface area contributed by atoms with Crippen LogP contribution in [0.3, 0.4) is 0 Å². The zero-order valence-corrected chi connectivity index (χ0v) is 12.3. The highest BCUT2D eigenvalue weighted by molar-refractivity contribution is 7.99. The Hall–Kier alpha value is -1.21. The molecule has 19 heavy (non-hydrogen) atoms. The van der Waals surface area contributed by atoms with Gasteiger partial charge in [-0.2, -0.15) is 0 Å². The van der Waals surface area contributed by atoms with Gasteiger partial charge in [-0.05, 0) is 48.1 Å². The lowest BCUT2D eigenvalue weighted by Crippen LogP contribution is -2.03. The summed E-state index contributed by atoms with van der Waals surface area (Å²) in [4.78, 5) is 2.90. The van der Waals surface area contributed by atoms with Crippen LogP contribution in [0.5, 0.6) is 0 Å². The highest BCUT2D eigenvalue weighted by Crippen LogP contribution is 2.40. The van der Waals surface area contributed by atoms with Gasteiger partial charge < -0.3 is 0 Å². The summed E-state index contributed by atoms with van der Waals surface area (Å²) in [5, 5.41) is 0. The van der Waals surface area contributed by atoms with Gasteiger partial charge in [0.25, 0.3) is 0 Å². The second-order valence-electron chi connectivity index (χ2n) is 5.24. The monoisotopic (exact) mass is 268 g/mol. The maximum atomic E-state index is 2.32. The Morgan fingerprint density at radius 1 is 0.947 bits per heavy atom. The largest absolute Gasteiger partial charge is 0.0895 e. The van der Waals surface area contributed by atoms with E-state index >= 15 is 0 Å². The molecule has 0 atom stereocenters. The molecule has 0 nitrogen and oxygen atoms in total. The minimum Gasteiger partial charge on any atom is -0.0895 e. The van der Waals surface area contributed by atoms with Gasteiger partial charge >= 0.3 is 0 Å². The predicted octanol–water partition coefficient (Wildman–Crippen LogP) is 5.47. The van der Waals surface area contributed by atoms with Crippen molar-refractivity contribution in [2.24, 2.45) is 0 Å². The standard InChI is InChI=1S/C18H20S/c1-2-3-4-8-14-10-7-12-18-16(14)13-15-9-5-6-11-17(15)19-18/h5-7,9-12H,2-4,8,13H2,1H3. The fourth-order valence-corrected chi connectivity index (χ4v) is 3.89. The van der Waals surface area contributed by atoms with Crippen LogP contribution in [0.15, 0.2) is 52.3 Å². The van der Waals surface area contributed by atoms with E-state index in [1.165, 1.54) is 41.0 Å². The van der Waals surface area contributed by atoms with Crippen LogP contribution in [-0.4, -0.2) is 0 Å². The molecule has 1 heteroatoms. The lowest BCUT2D eigenvalue weighted by atomic mass is 9.95. The van der Waals surface area contributed by atoms with Gasteiger partial charge in [-0.1, -0.05) is 61.9 Å². The first-order valence-electron chi connectivity index (χ1n) is 7.25. The molecule has 0 aliphatic carbocycles. The fourth-order valence-electron chi connectivity index (χ4n) is 2.77. The van der Waals surface area contributed by atoms with Gasteiger partial charge in [-0.25, -0.2) is 0 Å². The van der Waals surface area contributed by atoms with Crippen molar-refractivity contribution in [3.05, 3.63) is 59.2 Å². The van der Waals surface area contributed by atoms with Gasteiger partial charge in [-0.3, -0.25) is 0 Å². The van der Waals surface area contributed by atoms with Gasteiger partial charge in [0.2, 0.25) is 0 Å². The van der Waals surface area contributed by atoms with E-state index in [-0.39, 0.29) is 0 Å². The molecule has 0 N–H and O–H groups in total. The first-order valence-corrected chi connectivity index (χ1v) is 8.06. The van der Waals surface area contributed by atoms with E-state index in [4.69, 9.17) is 0 Å². The van der Waals surface area contributed by atoms with Crippen LogP contribution in [0, 0.1) is 0 Å². The van der Waals surface area contributed by atoms with Gasteiger partial charge in [-0.15, -0.1) is 0 Å². The van der Waals surface area contributed by atoms with Crippen molar-refractivity contribution in [1.29, 1.82) is 0 Å². The second-order valence-corrected chi connectivity index (χ2v) is 6.32. The highest BCUT2D eigenvalue weighted by atomic mass is 32.2. The van der Waals surface area contributed by atoms with Gasteiger partial charge in [0.1, 0.15) is 0 Å². The molecular formula is C18H20S. The Morgan fingerprint density at radius 3 is 2.68 bits per heavy atom. The Labute approximate surface area is 120 Å². The molecule has 1 aliphatic heterocycles. The molecule has 0 fully saturated rings. The van der Waals surface area contributed by atoms with Crippen molar-refractivity contribution in [3.63, 3.8) is 0 Å². The molecule has 98 valence electrons. The normalized spacial score (nSPS) is 12.9. The molecule has 0 amide bonds. The molecule has 0 unspecified atom stereocenters. The number of aryl methyl sites for hydroxylation is 1. The van der Waals surface area contributed by atoms with Crippen molar-refractivity contribution < 1.29 is 0 Å². The lowest BCUT2D eigenvalue weighted by Gasteiger charge is -2.21. The SMILES string of the molecule is CCCCCc1cccc2c1Cc1ccccc1S2. The van der Waals surface area contributed by atoms with E-state index in [1.807, 2.05) is 11.8 Å². The molecule has 2 aromatic carbocycles. The molecule has 1 aliphatic rings. The molecule has 0 saturated carbocycles. The van der Waals surface area contributed by atoms with Crippen molar-refractivity contribution in [3.8, 4) is 0 Å². The third kappa shape index (κ3) is 2.71. The van der Waals surface area contributed by atoms with E-state index in [2.05, 4.69) is 49.4 Å². The lowest BCUT2D eigenvalue weighted by molar-refractivity contribution is 0.712. The van der Waals surface area contributed by atoms with Crippen LogP contribution in [0.4, 0.5) is 0 Å². The van der Waals surface area contributed by atoms with Crippen molar-refractivity contribution in [2.75, 3.05) is 0 Å². The number of benzene rings is 2. The fraction of sp³-hybridized carbons (Fsp3) is 0.333. The molecule has 0 aromatic heterocycles. The number of rotatable bonds is 4. The van der Waals surface area contributed by atoms with Gasteiger partial charge in [0.15, 0.2) is 0 Å². The van der Waals surface area contributed by atoms with Crippen molar-refractivity contribution >= 4 is 11.8 Å². The number of unbranched alkanes of at least 4 members (excludes halogenated alkanes) is 2. The summed E-state index contributed by atoms with van der Waals surface area (Å²) < 4.78 is 0. The summed E-state index contributed by atoms with van der Waals surface area (Å²) in [6.45, 7) is 2.27. The highest BCUT2D eigenvalue weighted by Gasteiger charge is 2.17. The molecule has 0 bridgehead atoms. The average molecular weight is 268 g/mol. The zero-order valence-electron chi connectivity index (χ0n) is 11.5. The Balaban J connectivity index is 1.88. The topological polar surface area (TPSA) is 0 Å². The maximum Gasteiger partial charge on any atom is 0.0160 e. The summed E-state index contributed by atoms with van der Waals surface area (Å²) in [5.41, 5.74) is 4.62. The van der Waals surface area contributed by atoms with E-state index in [1.54, 1.807) is 11.1 Å². The molecule has 0 saturated heterocycles. The summed E-state index contributed by atoms with van der Waals surface area (Å²) >= 11 is 1.94. The third-order valence-electron chi connectivity index (χ3n) is 3.84. The summed E-state index contributed by atoms with van der Waals surface area (Å²) in [6, 6.07) is 15.6. The van der Waals surface area contributed by atoms with Crippen LogP contribution in [0.2, 0.25) is 0 Å². The summed E-state index contributed by atoms with van der Waals surface area (Å²) in [6.07, 6.45) is 6.31. The maximum absolute atomic E-state index is 2.32. The predicted molar refractivity (Wildman–Crippen MR) is 83.0 cm³/mol. The molecule has 0 spiro atoms. The van der Waals surface area contributed by atoms with E-state index in [0.29, 0.717) is 0 Å². The van der Waals surface area contributed by atoms with E-state index < -0.39 is 0 Å². The second kappa shape index (κ2) is 5.83. The number of hydrogen-bond donors (Lipinski definition) is 0. The third-order valence-corrected chi connectivity index (χ3v) is 5.06. The quantitative estimate of drug-likeness (QED) is 0.565. The molecular weight excluding hydrogens is 248 g/mol. The summed E-state index contributed by atoms with van der Waals surface area (Å²) in [7, 11) is 0. The Morgan fingerprint density at radius 2 is 1.79 bits per heavy atom. The first kappa shape index (κ1) is 12.8. The van der Waals surface area contributed by atoms with Crippen LogP contribution in [0.25, 0.3) is 0 Å². The van der Waals surface area contributed by atoms with Crippen LogP contribution in [0.1, 0.15) is 42.9 Å². The van der Waals surface area contributed by atoms with Crippen LogP contribution >= 0.6 is 11.8 Å². The van der Waals surface area contributed by atoms with Gasteiger partial charge in [0, 0.05) is 9.79 Å². The molecule has 2 aromatic rings. The van der Waals surface area contributed by atoms with E-state index in [9.17, 15) is 0 Å². The molecule has 1 heterocycles. The van der Waals surface area contributed by atoms with Crippen molar-refractivity contribution in [1.82, 2.24) is 0 Å². The first-order chi connectivity index (χ1) is 9.38. The number of fused-ring (bicyclic) bond motifs is 2. The number of hydrogen-bond acceptors (Lipinski definition) is 1. The van der Waals surface area contributed by atoms with E-state index in [0.717, 1.165) is 6.42 Å². The zero-order chi connectivity index (χ0) is 13.1. The minimum atomic E-state index is 1.11. The molecule has 3 rings (SSSR count). The van der Waals surface area contributed by atoms with Crippen molar-refractivity contribution in [2.45, 2.75) is 48.8 Å². The Kier molecular flexibility index (Phi) is 3.93.